The lowest BCUT2D eigenvalue weighted by Crippen LogP contribution is -2.50. The van der Waals surface area contributed by atoms with Gasteiger partial charge in [0.2, 0.25) is 5.91 Å². The van der Waals surface area contributed by atoms with Crippen molar-refractivity contribution < 1.29 is 9.59 Å². The molecule has 3 N–H and O–H groups in total. The molecule has 5 nitrogen and oxygen atoms in total. The van der Waals surface area contributed by atoms with Crippen molar-refractivity contribution in [2.45, 2.75) is 45.2 Å². The molecule has 0 saturated carbocycles. The molecule has 2 atom stereocenters. The van der Waals surface area contributed by atoms with Crippen LogP contribution >= 0.6 is 0 Å². The van der Waals surface area contributed by atoms with Crippen LogP contribution in [0.2, 0.25) is 0 Å². The topological polar surface area (TPSA) is 79.2 Å². The van der Waals surface area contributed by atoms with Gasteiger partial charge in [-0.25, -0.2) is 0 Å². The quantitative estimate of drug-likeness (QED) is 0.884. The predicted molar refractivity (Wildman–Crippen MR) is 94.6 cm³/mol. The highest BCUT2D eigenvalue weighted by Gasteiger charge is 2.36. The first-order valence-corrected chi connectivity index (χ1v) is 8.64. The third-order valence-electron chi connectivity index (χ3n) is 4.87. The lowest BCUT2D eigenvalue weighted by molar-refractivity contribution is -0.139. The van der Waals surface area contributed by atoms with E-state index in [1.165, 1.54) is 0 Å². The van der Waals surface area contributed by atoms with Crippen LogP contribution in [0.15, 0.2) is 30.5 Å². The zero-order chi connectivity index (χ0) is 17.3. The highest BCUT2D eigenvalue weighted by Crippen LogP contribution is 2.23. The van der Waals surface area contributed by atoms with Crippen LogP contribution < -0.4 is 5.73 Å². The fourth-order valence-corrected chi connectivity index (χ4v) is 3.55. The Labute approximate surface area is 142 Å². The van der Waals surface area contributed by atoms with Crippen LogP contribution in [0, 0.1) is 5.92 Å². The number of carbonyl (C=O) groups is 2. The SMILES string of the molecule is CC(C)C(=O)[C@@H]1CCCN1C(=O)[C@@H](N)Cc1c[nH]c2ccccc12. The van der Waals surface area contributed by atoms with E-state index in [1.807, 2.05) is 44.3 Å². The number of aromatic nitrogens is 1. The molecule has 0 unspecified atom stereocenters. The molecule has 1 aliphatic heterocycles. The number of hydrogen-bond acceptors (Lipinski definition) is 3. The Balaban J connectivity index is 1.73. The van der Waals surface area contributed by atoms with Gasteiger partial charge in [-0.05, 0) is 30.9 Å². The van der Waals surface area contributed by atoms with E-state index in [2.05, 4.69) is 4.98 Å². The standard InChI is InChI=1S/C19H25N3O2/c1-12(2)18(23)17-8-5-9-22(17)19(24)15(20)10-13-11-21-16-7-4-3-6-14(13)16/h3-4,6-7,11-12,15,17,21H,5,8-10,20H2,1-2H3/t15-,17-/m0/s1. The number of likely N-dealkylation sites (tertiary alicyclic amines) is 1. The Morgan fingerprint density at radius 2 is 2.08 bits per heavy atom. The number of benzene rings is 1. The fraction of sp³-hybridized carbons (Fsp3) is 0.474. The molecule has 1 amide bonds. The van der Waals surface area contributed by atoms with Crippen LogP contribution in [0.3, 0.4) is 0 Å². The number of rotatable bonds is 5. The first-order chi connectivity index (χ1) is 11.5. The van der Waals surface area contributed by atoms with Crippen LogP contribution in [0.1, 0.15) is 32.3 Å². The summed E-state index contributed by atoms with van der Waals surface area (Å²) in [6.45, 7) is 4.40. The van der Waals surface area contributed by atoms with Gasteiger partial charge >= 0.3 is 0 Å². The number of amides is 1. The molecule has 1 aliphatic rings. The molecule has 1 fully saturated rings. The molecular formula is C19H25N3O2. The van der Waals surface area contributed by atoms with Gasteiger partial charge in [0.1, 0.15) is 0 Å². The van der Waals surface area contributed by atoms with E-state index in [-0.39, 0.29) is 23.7 Å². The van der Waals surface area contributed by atoms with Crippen LogP contribution in [-0.2, 0) is 16.0 Å². The van der Waals surface area contributed by atoms with E-state index >= 15 is 0 Å². The minimum absolute atomic E-state index is 0.0618. The van der Waals surface area contributed by atoms with Gasteiger partial charge in [0.15, 0.2) is 5.78 Å². The number of nitrogens with two attached hydrogens (primary N) is 1. The molecule has 1 aromatic carbocycles. The number of carbonyl (C=O) groups excluding carboxylic acids is 2. The van der Waals surface area contributed by atoms with Crippen molar-refractivity contribution in [3.8, 4) is 0 Å². The van der Waals surface area contributed by atoms with Crippen molar-refractivity contribution in [2.24, 2.45) is 11.7 Å². The minimum atomic E-state index is -0.621. The zero-order valence-corrected chi connectivity index (χ0v) is 14.3. The second kappa shape index (κ2) is 6.77. The van der Waals surface area contributed by atoms with E-state index in [0.717, 1.165) is 29.3 Å². The number of fused-ring (bicyclic) bond motifs is 1. The van der Waals surface area contributed by atoms with Crippen LogP contribution in [0.4, 0.5) is 0 Å². The Morgan fingerprint density at radius 3 is 2.83 bits per heavy atom. The molecule has 2 aromatic rings. The number of ketones is 1. The minimum Gasteiger partial charge on any atom is -0.361 e. The monoisotopic (exact) mass is 327 g/mol. The maximum atomic E-state index is 12.8. The van der Waals surface area contributed by atoms with Crippen molar-refractivity contribution in [2.75, 3.05) is 6.54 Å². The van der Waals surface area contributed by atoms with Gasteiger partial charge in [-0.15, -0.1) is 0 Å². The van der Waals surface area contributed by atoms with E-state index < -0.39 is 6.04 Å². The summed E-state index contributed by atoms with van der Waals surface area (Å²) in [5.41, 5.74) is 8.28. The van der Waals surface area contributed by atoms with Crippen LogP contribution in [0.25, 0.3) is 10.9 Å². The third kappa shape index (κ3) is 3.08. The number of aromatic amines is 1. The molecule has 128 valence electrons. The van der Waals surface area contributed by atoms with Crippen molar-refractivity contribution >= 4 is 22.6 Å². The van der Waals surface area contributed by atoms with Crippen molar-refractivity contribution in [3.05, 3.63) is 36.0 Å². The Morgan fingerprint density at radius 1 is 1.33 bits per heavy atom. The average Bonchev–Trinajstić information content (AvgIpc) is 3.20. The Bertz CT molecular complexity index is 750. The number of hydrogen-bond donors (Lipinski definition) is 2. The summed E-state index contributed by atoms with van der Waals surface area (Å²) in [6.07, 6.45) is 4.01. The van der Waals surface area contributed by atoms with Crippen LogP contribution in [0.5, 0.6) is 0 Å². The predicted octanol–water partition coefficient (Wildman–Crippen LogP) is 2.25. The van der Waals surface area contributed by atoms with Gasteiger partial charge in [-0.3, -0.25) is 9.59 Å². The molecule has 1 aromatic heterocycles. The lowest BCUT2D eigenvalue weighted by atomic mass is 9.99. The van der Waals surface area contributed by atoms with Crippen molar-refractivity contribution in [1.82, 2.24) is 9.88 Å². The third-order valence-corrected chi connectivity index (χ3v) is 4.87. The molecule has 0 aliphatic carbocycles. The molecule has 1 saturated heterocycles. The van der Waals surface area contributed by atoms with E-state index in [4.69, 9.17) is 5.73 Å². The molecule has 3 rings (SSSR count). The van der Waals surface area contributed by atoms with Gasteiger partial charge in [0.25, 0.3) is 0 Å². The van der Waals surface area contributed by atoms with Gasteiger partial charge in [-0.2, -0.15) is 0 Å². The smallest absolute Gasteiger partial charge is 0.240 e. The molecule has 0 bridgehead atoms. The summed E-state index contributed by atoms with van der Waals surface area (Å²) in [7, 11) is 0. The largest absolute Gasteiger partial charge is 0.361 e. The number of para-hydroxylation sites is 1. The summed E-state index contributed by atoms with van der Waals surface area (Å²) in [5.74, 6) is -0.0369. The van der Waals surface area contributed by atoms with E-state index in [9.17, 15) is 9.59 Å². The number of nitrogens with one attached hydrogen (secondary N) is 1. The average molecular weight is 327 g/mol. The number of nitrogens with zero attached hydrogens (tertiary/aromatic N) is 1. The van der Waals surface area contributed by atoms with Crippen LogP contribution in [-0.4, -0.2) is 40.2 Å². The summed E-state index contributed by atoms with van der Waals surface area (Å²) < 4.78 is 0. The highest BCUT2D eigenvalue weighted by atomic mass is 16.2. The first-order valence-electron chi connectivity index (χ1n) is 8.64. The van der Waals surface area contributed by atoms with Gasteiger partial charge in [0.05, 0.1) is 12.1 Å². The first kappa shape index (κ1) is 16.7. The normalized spacial score (nSPS) is 19.2. The molecule has 24 heavy (non-hydrogen) atoms. The van der Waals surface area contributed by atoms with E-state index in [1.54, 1.807) is 4.90 Å². The van der Waals surface area contributed by atoms with Gasteiger partial charge in [0, 0.05) is 29.6 Å². The molecule has 2 heterocycles. The summed E-state index contributed by atoms with van der Waals surface area (Å²) in [6, 6.07) is 7.06. The van der Waals surface area contributed by atoms with E-state index in [0.29, 0.717) is 13.0 Å². The number of H-pyrrole nitrogens is 1. The second-order valence-corrected chi connectivity index (χ2v) is 6.92. The molecule has 0 radical (unpaired) electrons. The molecule has 5 heteroatoms. The fourth-order valence-electron chi connectivity index (χ4n) is 3.55. The molecule has 0 spiro atoms. The molecular weight excluding hydrogens is 302 g/mol. The maximum Gasteiger partial charge on any atom is 0.240 e. The van der Waals surface area contributed by atoms with Crippen molar-refractivity contribution in [3.63, 3.8) is 0 Å². The maximum absolute atomic E-state index is 12.8. The summed E-state index contributed by atoms with van der Waals surface area (Å²) in [4.78, 5) is 30.0. The van der Waals surface area contributed by atoms with Gasteiger partial charge < -0.3 is 15.6 Å². The lowest BCUT2D eigenvalue weighted by Gasteiger charge is -2.27. The highest BCUT2D eigenvalue weighted by molar-refractivity contribution is 5.93. The Kier molecular flexibility index (Phi) is 4.71. The number of Topliss-reactive ketones (excluding diaryl/α,β-unsaturated/α-hetero) is 1. The zero-order valence-electron chi connectivity index (χ0n) is 14.3. The summed E-state index contributed by atoms with van der Waals surface area (Å²) >= 11 is 0. The summed E-state index contributed by atoms with van der Waals surface area (Å²) in [5, 5.41) is 1.09. The van der Waals surface area contributed by atoms with Gasteiger partial charge in [-0.1, -0.05) is 32.0 Å². The second-order valence-electron chi connectivity index (χ2n) is 6.92. The Hall–Kier alpha value is -2.14. The van der Waals surface area contributed by atoms with Crippen molar-refractivity contribution in [1.29, 1.82) is 0 Å².